The molecule has 0 amide bonds. The van der Waals surface area contributed by atoms with Crippen LogP contribution in [0.5, 0.6) is 0 Å². The maximum Gasteiger partial charge on any atom is 0.189 e. The minimum atomic E-state index is -1.46. The van der Waals surface area contributed by atoms with E-state index >= 15 is 0 Å². The molecule has 0 aliphatic rings. The maximum atomic E-state index is 12.0. The van der Waals surface area contributed by atoms with Gasteiger partial charge in [0, 0.05) is 7.11 Å². The molecule has 0 aliphatic heterocycles. The maximum absolute atomic E-state index is 12.0. The van der Waals surface area contributed by atoms with Gasteiger partial charge in [0.2, 0.25) is 0 Å². The molecule has 1 aromatic rings. The molecule has 1 atom stereocenters. The standard InChI is InChI=1S/C16H26O4S/c1-15(2,18-5)11-12-19-16(3,4)13-20-21(17)14-9-7-6-8-10-14/h6-10H,11-13H2,1-5H3. The zero-order chi connectivity index (χ0) is 15.9. The first-order valence-corrected chi connectivity index (χ1v) is 8.12. The molecule has 0 N–H and O–H groups in total. The van der Waals surface area contributed by atoms with Gasteiger partial charge in [-0.15, -0.1) is 0 Å². The Bertz CT molecular complexity index is 443. The lowest BCUT2D eigenvalue weighted by Crippen LogP contribution is -2.34. The first-order chi connectivity index (χ1) is 9.76. The van der Waals surface area contributed by atoms with Crippen molar-refractivity contribution < 1.29 is 17.9 Å². The fraction of sp³-hybridized carbons (Fsp3) is 0.625. The third-order valence-corrected chi connectivity index (χ3v) is 4.19. The molecule has 1 aromatic carbocycles. The molecule has 0 aromatic heterocycles. The van der Waals surface area contributed by atoms with E-state index in [0.29, 0.717) is 11.5 Å². The Labute approximate surface area is 130 Å². The van der Waals surface area contributed by atoms with E-state index in [1.54, 1.807) is 19.2 Å². The van der Waals surface area contributed by atoms with Gasteiger partial charge >= 0.3 is 0 Å². The fourth-order valence-electron chi connectivity index (χ4n) is 1.51. The van der Waals surface area contributed by atoms with Gasteiger partial charge in [0.15, 0.2) is 11.1 Å². The van der Waals surface area contributed by atoms with E-state index < -0.39 is 16.7 Å². The first-order valence-electron chi connectivity index (χ1n) is 7.05. The van der Waals surface area contributed by atoms with E-state index in [-0.39, 0.29) is 12.2 Å². The second-order valence-corrected chi connectivity index (χ2v) is 7.31. The SMILES string of the molecule is COC(C)(C)CCOC(C)(C)COS(=O)c1ccccc1. The summed E-state index contributed by atoms with van der Waals surface area (Å²) in [5.41, 5.74) is -0.696. The highest BCUT2D eigenvalue weighted by Crippen LogP contribution is 2.18. The lowest BCUT2D eigenvalue weighted by Gasteiger charge is -2.28. The highest BCUT2D eigenvalue weighted by atomic mass is 32.2. The van der Waals surface area contributed by atoms with E-state index in [0.717, 1.165) is 6.42 Å². The monoisotopic (exact) mass is 314 g/mol. The summed E-state index contributed by atoms with van der Waals surface area (Å²) in [6.07, 6.45) is 0.786. The van der Waals surface area contributed by atoms with Crippen LogP contribution in [0.4, 0.5) is 0 Å². The molecular weight excluding hydrogens is 288 g/mol. The molecule has 1 unspecified atom stereocenters. The van der Waals surface area contributed by atoms with Crippen molar-refractivity contribution in [3.63, 3.8) is 0 Å². The van der Waals surface area contributed by atoms with Crippen molar-refractivity contribution in [1.29, 1.82) is 0 Å². The van der Waals surface area contributed by atoms with Crippen molar-refractivity contribution >= 4 is 11.1 Å². The number of hydrogen-bond acceptors (Lipinski definition) is 4. The van der Waals surface area contributed by atoms with Crippen LogP contribution >= 0.6 is 0 Å². The van der Waals surface area contributed by atoms with Crippen LogP contribution in [0.1, 0.15) is 34.1 Å². The quantitative estimate of drug-likeness (QED) is 0.701. The Morgan fingerprint density at radius 2 is 1.67 bits per heavy atom. The van der Waals surface area contributed by atoms with E-state index in [1.165, 1.54) is 0 Å². The second kappa shape index (κ2) is 8.03. The summed E-state index contributed by atoms with van der Waals surface area (Å²) in [7, 11) is 1.69. The molecule has 4 nitrogen and oxygen atoms in total. The molecule has 21 heavy (non-hydrogen) atoms. The summed E-state index contributed by atoms with van der Waals surface area (Å²) in [5.74, 6) is 0. The van der Waals surface area contributed by atoms with Crippen molar-refractivity contribution in [3.8, 4) is 0 Å². The molecule has 0 aliphatic carbocycles. The average Bonchev–Trinajstić information content (AvgIpc) is 2.45. The van der Waals surface area contributed by atoms with Crippen LogP contribution < -0.4 is 0 Å². The minimum Gasteiger partial charge on any atom is -0.379 e. The van der Waals surface area contributed by atoms with Crippen molar-refractivity contribution in [3.05, 3.63) is 30.3 Å². The highest BCUT2D eigenvalue weighted by molar-refractivity contribution is 7.80. The summed E-state index contributed by atoms with van der Waals surface area (Å²) >= 11 is -1.46. The second-order valence-electron chi connectivity index (χ2n) is 6.13. The fourth-order valence-corrected chi connectivity index (χ4v) is 2.42. The van der Waals surface area contributed by atoms with Crippen LogP contribution in [0, 0.1) is 0 Å². The Morgan fingerprint density at radius 3 is 2.24 bits per heavy atom. The molecule has 0 radical (unpaired) electrons. The molecule has 0 spiro atoms. The Kier molecular flexibility index (Phi) is 7.00. The van der Waals surface area contributed by atoms with Gasteiger partial charge in [-0.25, -0.2) is 4.21 Å². The van der Waals surface area contributed by atoms with Gasteiger partial charge in [0.25, 0.3) is 0 Å². The van der Waals surface area contributed by atoms with E-state index in [4.69, 9.17) is 13.7 Å². The van der Waals surface area contributed by atoms with Crippen LogP contribution in [0.25, 0.3) is 0 Å². The van der Waals surface area contributed by atoms with Gasteiger partial charge in [-0.2, -0.15) is 0 Å². The Balaban J connectivity index is 2.37. The predicted molar refractivity (Wildman–Crippen MR) is 84.5 cm³/mol. The van der Waals surface area contributed by atoms with Crippen LogP contribution in [0.15, 0.2) is 35.2 Å². The lowest BCUT2D eigenvalue weighted by molar-refractivity contribution is -0.0729. The molecular formula is C16H26O4S. The molecule has 1 rings (SSSR count). The summed E-state index contributed by atoms with van der Waals surface area (Å²) in [6, 6.07) is 9.12. The van der Waals surface area contributed by atoms with Gasteiger partial charge in [-0.1, -0.05) is 18.2 Å². The third kappa shape index (κ3) is 7.18. The Morgan fingerprint density at radius 1 is 1.05 bits per heavy atom. The predicted octanol–water partition coefficient (Wildman–Crippen LogP) is 3.34. The molecule has 0 fully saturated rings. The van der Waals surface area contributed by atoms with Gasteiger partial charge < -0.3 is 9.47 Å². The topological polar surface area (TPSA) is 44.8 Å². The summed E-state index contributed by atoms with van der Waals surface area (Å²) in [5, 5.41) is 0. The molecule has 0 heterocycles. The third-order valence-electron chi connectivity index (χ3n) is 3.20. The van der Waals surface area contributed by atoms with Crippen LogP contribution in [0.2, 0.25) is 0 Å². The molecule has 0 saturated carbocycles. The molecule has 120 valence electrons. The van der Waals surface area contributed by atoms with E-state index in [1.807, 2.05) is 45.9 Å². The van der Waals surface area contributed by atoms with Crippen LogP contribution in [0.3, 0.4) is 0 Å². The van der Waals surface area contributed by atoms with Crippen molar-refractivity contribution in [2.45, 2.75) is 50.2 Å². The number of ether oxygens (including phenoxy) is 2. The molecule has 5 heteroatoms. The zero-order valence-electron chi connectivity index (χ0n) is 13.5. The van der Waals surface area contributed by atoms with Crippen molar-refractivity contribution in [1.82, 2.24) is 0 Å². The minimum absolute atomic E-state index is 0.205. The highest BCUT2D eigenvalue weighted by Gasteiger charge is 2.23. The van der Waals surface area contributed by atoms with Crippen LogP contribution in [-0.4, -0.2) is 35.7 Å². The Hall–Kier alpha value is -0.750. The molecule has 0 saturated heterocycles. The molecule has 0 bridgehead atoms. The van der Waals surface area contributed by atoms with Gasteiger partial charge in [0.1, 0.15) is 0 Å². The van der Waals surface area contributed by atoms with Gasteiger partial charge in [-0.05, 0) is 46.2 Å². The number of methoxy groups -OCH3 is 1. The van der Waals surface area contributed by atoms with E-state index in [2.05, 4.69) is 0 Å². The zero-order valence-corrected chi connectivity index (χ0v) is 14.4. The number of hydrogen-bond donors (Lipinski definition) is 0. The van der Waals surface area contributed by atoms with Crippen molar-refractivity contribution in [2.24, 2.45) is 0 Å². The largest absolute Gasteiger partial charge is 0.379 e. The first kappa shape index (κ1) is 18.3. The lowest BCUT2D eigenvalue weighted by atomic mass is 10.1. The smallest absolute Gasteiger partial charge is 0.189 e. The normalized spacial score (nSPS) is 14.1. The summed E-state index contributed by atoms with van der Waals surface area (Å²) in [4.78, 5) is 0.661. The van der Waals surface area contributed by atoms with Gasteiger partial charge in [-0.3, -0.25) is 4.18 Å². The van der Waals surface area contributed by atoms with Crippen LogP contribution in [-0.2, 0) is 24.7 Å². The number of benzene rings is 1. The number of rotatable bonds is 9. The average molecular weight is 314 g/mol. The van der Waals surface area contributed by atoms with Crippen molar-refractivity contribution in [2.75, 3.05) is 20.3 Å². The summed E-state index contributed by atoms with van der Waals surface area (Å²) < 4.78 is 28.6. The summed E-state index contributed by atoms with van der Waals surface area (Å²) in [6.45, 7) is 8.72. The van der Waals surface area contributed by atoms with E-state index in [9.17, 15) is 4.21 Å². The van der Waals surface area contributed by atoms with Gasteiger partial charge in [0.05, 0.1) is 29.3 Å².